The van der Waals surface area contributed by atoms with Crippen LogP contribution in [0, 0.1) is 0 Å². The van der Waals surface area contributed by atoms with Crippen LogP contribution in [-0.2, 0) is 6.54 Å². The van der Waals surface area contributed by atoms with Gasteiger partial charge >= 0.3 is 0 Å². The zero-order chi connectivity index (χ0) is 13.9. The van der Waals surface area contributed by atoms with Crippen LogP contribution in [0.1, 0.15) is 30.2 Å². The standard InChI is InChI=1S/C13H17N3O3/c1-13(2,18)9-14-12(17)11-5-4-10(19-11)8-16-7-3-6-15-16/h3-7,18H,8-9H2,1-2H3,(H,14,17). The second-order valence-electron chi connectivity index (χ2n) is 4.96. The van der Waals surface area contributed by atoms with Gasteiger partial charge in [0.15, 0.2) is 5.76 Å². The topological polar surface area (TPSA) is 80.3 Å². The van der Waals surface area contributed by atoms with Crippen LogP contribution in [0.4, 0.5) is 0 Å². The Morgan fingerprint density at radius 1 is 1.53 bits per heavy atom. The molecule has 6 heteroatoms. The quantitative estimate of drug-likeness (QED) is 0.844. The highest BCUT2D eigenvalue weighted by Crippen LogP contribution is 2.09. The fourth-order valence-electron chi connectivity index (χ4n) is 1.52. The molecule has 1 amide bonds. The molecule has 0 saturated carbocycles. The molecule has 0 aliphatic heterocycles. The molecule has 0 fully saturated rings. The van der Waals surface area contributed by atoms with Crippen molar-refractivity contribution >= 4 is 5.91 Å². The predicted molar refractivity (Wildman–Crippen MR) is 68.7 cm³/mol. The van der Waals surface area contributed by atoms with Crippen molar-refractivity contribution in [3.05, 3.63) is 42.1 Å². The maximum atomic E-state index is 11.8. The summed E-state index contributed by atoms with van der Waals surface area (Å²) in [5.41, 5.74) is -0.944. The minimum atomic E-state index is -0.944. The van der Waals surface area contributed by atoms with Crippen molar-refractivity contribution in [2.45, 2.75) is 26.0 Å². The zero-order valence-corrected chi connectivity index (χ0v) is 11.0. The lowest BCUT2D eigenvalue weighted by molar-refractivity contribution is 0.0680. The van der Waals surface area contributed by atoms with Gasteiger partial charge in [-0.1, -0.05) is 0 Å². The lowest BCUT2D eigenvalue weighted by atomic mass is 10.1. The third kappa shape index (κ3) is 3.96. The summed E-state index contributed by atoms with van der Waals surface area (Å²) < 4.78 is 7.14. The van der Waals surface area contributed by atoms with E-state index in [1.807, 2.05) is 12.3 Å². The number of rotatable bonds is 5. The third-order valence-electron chi connectivity index (χ3n) is 2.44. The largest absolute Gasteiger partial charge is 0.454 e. The molecule has 0 spiro atoms. The molecule has 0 aliphatic rings. The maximum absolute atomic E-state index is 11.8. The molecule has 2 N–H and O–H groups in total. The fourth-order valence-corrected chi connectivity index (χ4v) is 1.52. The van der Waals surface area contributed by atoms with Gasteiger partial charge in [-0.25, -0.2) is 0 Å². The number of amides is 1. The summed E-state index contributed by atoms with van der Waals surface area (Å²) in [7, 11) is 0. The van der Waals surface area contributed by atoms with Gasteiger partial charge in [-0.05, 0) is 32.0 Å². The Hall–Kier alpha value is -2.08. The number of hydrogen-bond acceptors (Lipinski definition) is 4. The smallest absolute Gasteiger partial charge is 0.287 e. The average molecular weight is 263 g/mol. The van der Waals surface area contributed by atoms with E-state index in [0.717, 1.165) is 0 Å². The highest BCUT2D eigenvalue weighted by molar-refractivity contribution is 5.91. The van der Waals surface area contributed by atoms with Gasteiger partial charge in [0.25, 0.3) is 5.91 Å². The summed E-state index contributed by atoms with van der Waals surface area (Å²) in [5.74, 6) is 0.539. The molecule has 0 atom stereocenters. The first-order valence-corrected chi connectivity index (χ1v) is 6.01. The second kappa shape index (κ2) is 5.27. The van der Waals surface area contributed by atoms with Crippen molar-refractivity contribution in [3.63, 3.8) is 0 Å². The summed E-state index contributed by atoms with van der Waals surface area (Å²) in [6.07, 6.45) is 3.50. The lowest BCUT2D eigenvalue weighted by Gasteiger charge is -2.16. The molecular weight excluding hydrogens is 246 g/mol. The van der Waals surface area contributed by atoms with E-state index in [1.54, 1.807) is 36.9 Å². The number of nitrogens with one attached hydrogen (secondary N) is 1. The molecule has 0 aromatic carbocycles. The normalized spacial score (nSPS) is 11.5. The van der Waals surface area contributed by atoms with Crippen LogP contribution in [0.5, 0.6) is 0 Å². The monoisotopic (exact) mass is 263 g/mol. The minimum Gasteiger partial charge on any atom is -0.454 e. The summed E-state index contributed by atoms with van der Waals surface area (Å²) in [4.78, 5) is 11.8. The van der Waals surface area contributed by atoms with Gasteiger partial charge in [-0.3, -0.25) is 9.48 Å². The van der Waals surface area contributed by atoms with Gasteiger partial charge in [0, 0.05) is 18.9 Å². The molecule has 0 saturated heterocycles. The van der Waals surface area contributed by atoms with Crippen LogP contribution in [0.15, 0.2) is 35.0 Å². The molecule has 2 aromatic heterocycles. The van der Waals surface area contributed by atoms with Gasteiger partial charge in [-0.15, -0.1) is 0 Å². The molecule has 6 nitrogen and oxygen atoms in total. The molecule has 102 valence electrons. The number of aromatic nitrogens is 2. The summed E-state index contributed by atoms with van der Waals surface area (Å²) in [5, 5.41) is 16.2. The number of furan rings is 1. The molecule has 0 aliphatic carbocycles. The molecule has 2 rings (SSSR count). The highest BCUT2D eigenvalue weighted by atomic mass is 16.4. The summed E-state index contributed by atoms with van der Waals surface area (Å²) in [6, 6.07) is 5.17. The van der Waals surface area contributed by atoms with E-state index in [9.17, 15) is 9.90 Å². The van der Waals surface area contributed by atoms with Crippen LogP contribution in [0.25, 0.3) is 0 Å². The van der Waals surface area contributed by atoms with Crippen LogP contribution in [0.2, 0.25) is 0 Å². The molecule has 0 radical (unpaired) electrons. The van der Waals surface area contributed by atoms with Crippen LogP contribution in [-0.4, -0.2) is 32.9 Å². The van der Waals surface area contributed by atoms with Gasteiger partial charge in [0.2, 0.25) is 0 Å². The third-order valence-corrected chi connectivity index (χ3v) is 2.44. The Morgan fingerprint density at radius 2 is 2.32 bits per heavy atom. The Balaban J connectivity index is 1.95. The van der Waals surface area contributed by atoms with E-state index in [4.69, 9.17) is 4.42 Å². The molecule has 2 aromatic rings. The van der Waals surface area contributed by atoms with Crippen molar-refractivity contribution in [1.82, 2.24) is 15.1 Å². The Bertz CT molecular complexity index is 538. The second-order valence-corrected chi connectivity index (χ2v) is 4.96. The van der Waals surface area contributed by atoms with Crippen molar-refractivity contribution in [2.75, 3.05) is 6.54 Å². The number of carbonyl (C=O) groups is 1. The summed E-state index contributed by atoms with van der Waals surface area (Å²) >= 11 is 0. The SMILES string of the molecule is CC(C)(O)CNC(=O)c1ccc(Cn2cccn2)o1. The first-order chi connectivity index (χ1) is 8.94. The Labute approximate surface area is 111 Å². The maximum Gasteiger partial charge on any atom is 0.287 e. The van der Waals surface area contributed by atoms with E-state index in [1.165, 1.54) is 0 Å². The van der Waals surface area contributed by atoms with E-state index < -0.39 is 5.60 Å². The Morgan fingerprint density at radius 3 is 2.95 bits per heavy atom. The van der Waals surface area contributed by atoms with E-state index >= 15 is 0 Å². The highest BCUT2D eigenvalue weighted by Gasteiger charge is 2.17. The van der Waals surface area contributed by atoms with Crippen LogP contribution >= 0.6 is 0 Å². The van der Waals surface area contributed by atoms with Gasteiger partial charge < -0.3 is 14.8 Å². The molecule has 19 heavy (non-hydrogen) atoms. The van der Waals surface area contributed by atoms with Gasteiger partial charge in [0.1, 0.15) is 5.76 Å². The average Bonchev–Trinajstić information content (AvgIpc) is 2.97. The van der Waals surface area contributed by atoms with E-state index in [2.05, 4.69) is 10.4 Å². The van der Waals surface area contributed by atoms with Crippen molar-refractivity contribution in [2.24, 2.45) is 0 Å². The Kier molecular flexibility index (Phi) is 3.71. The van der Waals surface area contributed by atoms with E-state index in [0.29, 0.717) is 12.3 Å². The fraction of sp³-hybridized carbons (Fsp3) is 0.385. The van der Waals surface area contributed by atoms with Crippen LogP contribution < -0.4 is 5.32 Å². The van der Waals surface area contributed by atoms with E-state index in [-0.39, 0.29) is 18.2 Å². The van der Waals surface area contributed by atoms with Crippen LogP contribution in [0.3, 0.4) is 0 Å². The molecular formula is C13H17N3O3. The number of aliphatic hydroxyl groups is 1. The lowest BCUT2D eigenvalue weighted by Crippen LogP contribution is -2.38. The number of hydrogen-bond donors (Lipinski definition) is 2. The first-order valence-electron chi connectivity index (χ1n) is 6.01. The van der Waals surface area contributed by atoms with Crippen molar-refractivity contribution in [1.29, 1.82) is 0 Å². The molecule has 2 heterocycles. The van der Waals surface area contributed by atoms with Crippen molar-refractivity contribution in [3.8, 4) is 0 Å². The molecule has 0 unspecified atom stereocenters. The summed E-state index contributed by atoms with van der Waals surface area (Å²) in [6.45, 7) is 3.89. The minimum absolute atomic E-state index is 0.168. The van der Waals surface area contributed by atoms with Gasteiger partial charge in [-0.2, -0.15) is 5.10 Å². The first kappa shape index (κ1) is 13.4. The zero-order valence-electron chi connectivity index (χ0n) is 11.0. The molecule has 0 bridgehead atoms. The predicted octanol–water partition coefficient (Wildman–Crippen LogP) is 1.03. The van der Waals surface area contributed by atoms with Gasteiger partial charge in [0.05, 0.1) is 12.1 Å². The van der Waals surface area contributed by atoms with Crippen molar-refractivity contribution < 1.29 is 14.3 Å². The number of nitrogens with zero attached hydrogens (tertiary/aromatic N) is 2. The number of carbonyl (C=O) groups excluding carboxylic acids is 1.